The largest absolute Gasteiger partial charge is 0.294 e. The summed E-state index contributed by atoms with van der Waals surface area (Å²) >= 11 is 0. The summed E-state index contributed by atoms with van der Waals surface area (Å²) in [6.45, 7) is 3.88. The van der Waals surface area contributed by atoms with E-state index in [-0.39, 0.29) is 4.90 Å². The van der Waals surface area contributed by atoms with Gasteiger partial charge in [0.05, 0.1) is 4.90 Å². The first-order chi connectivity index (χ1) is 7.91. The quantitative estimate of drug-likeness (QED) is 0.834. The summed E-state index contributed by atoms with van der Waals surface area (Å²) < 4.78 is 31.3. The predicted octanol–water partition coefficient (Wildman–Crippen LogP) is 2.96. The van der Waals surface area contributed by atoms with E-state index in [2.05, 4.69) is 0 Å². The number of benzene rings is 2. The molecule has 17 heavy (non-hydrogen) atoms. The van der Waals surface area contributed by atoms with Gasteiger partial charge in [0.25, 0.3) is 10.1 Å². The van der Waals surface area contributed by atoms with E-state index < -0.39 is 10.1 Å². The van der Waals surface area contributed by atoms with Crippen molar-refractivity contribution in [1.82, 2.24) is 0 Å². The smallest absolute Gasteiger partial charge is 0.282 e. The van der Waals surface area contributed by atoms with Gasteiger partial charge in [-0.3, -0.25) is 4.55 Å². The molecule has 0 fully saturated rings. The maximum absolute atomic E-state index is 11.1. The van der Waals surface area contributed by atoms with Crippen LogP contribution in [0.15, 0.2) is 35.2 Å². The molecule has 0 atom stereocenters. The molecule has 0 radical (unpaired) electrons. The lowest BCUT2D eigenvalue weighted by Gasteiger charge is -2.07. The van der Waals surface area contributed by atoms with Gasteiger partial charge in [-0.25, -0.2) is 0 Å². The Bertz CT molecular complexity index is 672. The molecule has 4 heteroatoms. The zero-order chi connectivity index (χ0) is 12.6. The number of hydrogen-bond acceptors (Lipinski definition) is 2. The number of aryl methyl sites for hydroxylation is 2. The van der Waals surface area contributed by atoms with E-state index in [1.54, 1.807) is 0 Å². The van der Waals surface area contributed by atoms with E-state index in [1.807, 2.05) is 32.0 Å². The van der Waals surface area contributed by atoms with Gasteiger partial charge >= 0.3 is 0 Å². The maximum atomic E-state index is 11.1. The van der Waals surface area contributed by atoms with Gasteiger partial charge in [0.2, 0.25) is 0 Å². The van der Waals surface area contributed by atoms with Crippen LogP contribution in [-0.4, -0.2) is 13.0 Å². The van der Waals surface area contributed by atoms with Crippen molar-refractivity contribution in [3.63, 3.8) is 0 Å². The molecule has 1 N–H and O–H groups in total. The van der Waals surface area contributed by atoms with Crippen molar-refractivity contribution >= 4 is 20.9 Å². The molecule has 90 valence electrons. The standard InChI is InChI=1S/C13H14O3S/c1-3-10-4-5-13-9(2)6-12(17(14,15)16)8-11(13)7-10/h4-8H,3H2,1-2H3,(H,14,15,16). The average molecular weight is 250 g/mol. The van der Waals surface area contributed by atoms with Gasteiger partial charge in [-0.2, -0.15) is 8.42 Å². The van der Waals surface area contributed by atoms with Crippen molar-refractivity contribution in [2.24, 2.45) is 0 Å². The Kier molecular flexibility index (Phi) is 2.93. The normalized spacial score (nSPS) is 11.9. The molecule has 0 unspecified atom stereocenters. The van der Waals surface area contributed by atoms with Crippen LogP contribution in [0.2, 0.25) is 0 Å². The Morgan fingerprint density at radius 1 is 1.18 bits per heavy atom. The highest BCUT2D eigenvalue weighted by atomic mass is 32.2. The molecular weight excluding hydrogens is 236 g/mol. The van der Waals surface area contributed by atoms with Gasteiger partial charge < -0.3 is 0 Å². The minimum Gasteiger partial charge on any atom is -0.282 e. The van der Waals surface area contributed by atoms with Gasteiger partial charge in [-0.1, -0.05) is 25.1 Å². The summed E-state index contributed by atoms with van der Waals surface area (Å²) in [5, 5.41) is 1.85. The van der Waals surface area contributed by atoms with E-state index in [0.29, 0.717) is 0 Å². The second kappa shape index (κ2) is 4.13. The summed E-state index contributed by atoms with van der Waals surface area (Å²) in [5.41, 5.74) is 1.99. The lowest BCUT2D eigenvalue weighted by Crippen LogP contribution is -1.98. The molecule has 0 aliphatic carbocycles. The van der Waals surface area contributed by atoms with Gasteiger partial charge in [0, 0.05) is 0 Å². The van der Waals surface area contributed by atoms with Crippen molar-refractivity contribution in [2.75, 3.05) is 0 Å². The second-order valence-electron chi connectivity index (χ2n) is 4.12. The average Bonchev–Trinajstić information content (AvgIpc) is 2.27. The van der Waals surface area contributed by atoms with Crippen LogP contribution in [0.1, 0.15) is 18.1 Å². The SMILES string of the molecule is CCc1ccc2c(C)cc(S(=O)(=O)O)cc2c1. The second-order valence-corrected chi connectivity index (χ2v) is 5.55. The lowest BCUT2D eigenvalue weighted by molar-refractivity contribution is 0.483. The molecule has 0 heterocycles. The van der Waals surface area contributed by atoms with Crippen LogP contribution in [0.25, 0.3) is 10.8 Å². The molecule has 0 aliphatic rings. The zero-order valence-corrected chi connectivity index (χ0v) is 10.6. The van der Waals surface area contributed by atoms with E-state index >= 15 is 0 Å². The predicted molar refractivity (Wildman–Crippen MR) is 67.9 cm³/mol. The fraction of sp³-hybridized carbons (Fsp3) is 0.231. The molecule has 0 saturated carbocycles. The topological polar surface area (TPSA) is 54.4 Å². The fourth-order valence-corrected chi connectivity index (χ4v) is 2.55. The number of rotatable bonds is 2. The molecule has 0 amide bonds. The Hall–Kier alpha value is -1.39. The van der Waals surface area contributed by atoms with Crippen LogP contribution >= 0.6 is 0 Å². The zero-order valence-electron chi connectivity index (χ0n) is 9.77. The van der Waals surface area contributed by atoms with E-state index in [4.69, 9.17) is 4.55 Å². The highest BCUT2D eigenvalue weighted by molar-refractivity contribution is 7.85. The van der Waals surface area contributed by atoms with Crippen molar-refractivity contribution in [2.45, 2.75) is 25.2 Å². The van der Waals surface area contributed by atoms with Gasteiger partial charge in [-0.05, 0) is 47.4 Å². The first-order valence-electron chi connectivity index (χ1n) is 5.42. The highest BCUT2D eigenvalue weighted by Gasteiger charge is 2.11. The first kappa shape index (κ1) is 12.1. The summed E-state index contributed by atoms with van der Waals surface area (Å²) in [6.07, 6.45) is 0.894. The van der Waals surface area contributed by atoms with Crippen molar-refractivity contribution in [1.29, 1.82) is 0 Å². The molecule has 0 bridgehead atoms. The molecule has 0 aliphatic heterocycles. The molecular formula is C13H14O3S. The third-order valence-electron chi connectivity index (χ3n) is 2.90. The number of fused-ring (bicyclic) bond motifs is 1. The minimum atomic E-state index is -4.14. The molecule has 0 spiro atoms. The van der Waals surface area contributed by atoms with E-state index in [1.165, 1.54) is 12.1 Å². The van der Waals surface area contributed by atoms with Crippen LogP contribution < -0.4 is 0 Å². The van der Waals surface area contributed by atoms with Gasteiger partial charge in [0.15, 0.2) is 0 Å². The van der Waals surface area contributed by atoms with Crippen molar-refractivity contribution in [3.8, 4) is 0 Å². The summed E-state index contributed by atoms with van der Waals surface area (Å²) in [5.74, 6) is 0. The minimum absolute atomic E-state index is 0.0456. The molecule has 0 aromatic heterocycles. The fourth-order valence-electron chi connectivity index (χ4n) is 1.95. The van der Waals surface area contributed by atoms with E-state index in [9.17, 15) is 8.42 Å². The Labute approximate surface area is 101 Å². The Morgan fingerprint density at radius 2 is 1.88 bits per heavy atom. The molecule has 2 aromatic rings. The molecule has 3 nitrogen and oxygen atoms in total. The van der Waals surface area contributed by atoms with Crippen LogP contribution in [0.5, 0.6) is 0 Å². The van der Waals surface area contributed by atoms with E-state index in [0.717, 1.165) is 28.3 Å². The van der Waals surface area contributed by atoms with Crippen molar-refractivity contribution < 1.29 is 13.0 Å². The van der Waals surface area contributed by atoms with Crippen LogP contribution in [0.3, 0.4) is 0 Å². The summed E-state index contributed by atoms with van der Waals surface area (Å²) in [6, 6.07) is 8.97. The first-order valence-corrected chi connectivity index (χ1v) is 6.86. The molecule has 0 saturated heterocycles. The third-order valence-corrected chi connectivity index (χ3v) is 3.73. The summed E-state index contributed by atoms with van der Waals surface area (Å²) in [4.78, 5) is -0.0456. The Balaban J connectivity index is 2.79. The van der Waals surface area contributed by atoms with Crippen LogP contribution in [0, 0.1) is 6.92 Å². The lowest BCUT2D eigenvalue weighted by atomic mass is 10.0. The molecule has 2 rings (SSSR count). The highest BCUT2D eigenvalue weighted by Crippen LogP contribution is 2.24. The van der Waals surface area contributed by atoms with Crippen LogP contribution in [0.4, 0.5) is 0 Å². The summed E-state index contributed by atoms with van der Waals surface area (Å²) in [7, 11) is -4.14. The van der Waals surface area contributed by atoms with Gasteiger partial charge in [0.1, 0.15) is 0 Å². The maximum Gasteiger partial charge on any atom is 0.294 e. The van der Waals surface area contributed by atoms with Crippen LogP contribution in [-0.2, 0) is 16.5 Å². The van der Waals surface area contributed by atoms with Gasteiger partial charge in [-0.15, -0.1) is 0 Å². The van der Waals surface area contributed by atoms with Crippen molar-refractivity contribution in [3.05, 3.63) is 41.5 Å². The monoisotopic (exact) mass is 250 g/mol. The third kappa shape index (κ3) is 2.33. The Morgan fingerprint density at radius 3 is 2.47 bits per heavy atom. The number of hydrogen-bond donors (Lipinski definition) is 1. The molecule has 2 aromatic carbocycles.